The van der Waals surface area contributed by atoms with Gasteiger partial charge in [-0.05, 0) is 36.6 Å². The van der Waals surface area contributed by atoms with Gasteiger partial charge in [0.2, 0.25) is 5.90 Å². The van der Waals surface area contributed by atoms with Crippen molar-refractivity contribution >= 4 is 29.5 Å². The lowest BCUT2D eigenvalue weighted by molar-refractivity contribution is -0.130. The van der Waals surface area contributed by atoms with Crippen molar-refractivity contribution < 1.29 is 14.3 Å². The zero-order valence-electron chi connectivity index (χ0n) is 10.8. The predicted octanol–water partition coefficient (Wildman–Crippen LogP) is 3.06. The van der Waals surface area contributed by atoms with Crippen molar-refractivity contribution in [2.24, 2.45) is 10.9 Å². The number of nitrogens with zero attached hydrogens (tertiary/aromatic N) is 1. The van der Waals surface area contributed by atoms with Gasteiger partial charge in [0.25, 0.3) is 0 Å². The van der Waals surface area contributed by atoms with Crippen LogP contribution in [0.4, 0.5) is 0 Å². The van der Waals surface area contributed by atoms with Crippen LogP contribution in [0.15, 0.2) is 35.0 Å². The Hall–Kier alpha value is -1.65. The first-order chi connectivity index (χ1) is 9.72. The van der Waals surface area contributed by atoms with Gasteiger partial charge >= 0.3 is 5.97 Å². The average molecular weight is 292 g/mol. The third-order valence-corrected chi connectivity index (χ3v) is 3.59. The van der Waals surface area contributed by atoms with Crippen LogP contribution in [-0.2, 0) is 14.3 Å². The van der Waals surface area contributed by atoms with E-state index in [-0.39, 0.29) is 5.92 Å². The van der Waals surface area contributed by atoms with Crippen LogP contribution in [0.3, 0.4) is 0 Å². The Morgan fingerprint density at radius 3 is 2.85 bits per heavy atom. The maximum Gasteiger partial charge on any atom is 0.363 e. The number of carbonyl (C=O) groups excluding carboxylic acids is 1. The number of ether oxygens (including phenoxy) is 2. The fourth-order valence-electron chi connectivity index (χ4n) is 2.30. The third kappa shape index (κ3) is 2.92. The van der Waals surface area contributed by atoms with E-state index in [1.165, 1.54) is 0 Å². The molecular weight excluding hydrogens is 278 g/mol. The SMILES string of the molecule is O=C1OC(C2CCOCC2)=N/C1=C/c1cccc(Cl)c1. The summed E-state index contributed by atoms with van der Waals surface area (Å²) < 4.78 is 10.6. The fraction of sp³-hybridized carbons (Fsp3) is 0.333. The molecule has 1 aromatic carbocycles. The first-order valence-corrected chi connectivity index (χ1v) is 6.96. The molecule has 3 rings (SSSR count). The highest BCUT2D eigenvalue weighted by molar-refractivity contribution is 6.30. The molecule has 0 radical (unpaired) electrons. The summed E-state index contributed by atoms with van der Waals surface area (Å²) in [4.78, 5) is 16.2. The van der Waals surface area contributed by atoms with Gasteiger partial charge in [0.05, 0.1) is 0 Å². The van der Waals surface area contributed by atoms with Gasteiger partial charge in [-0.15, -0.1) is 0 Å². The highest BCUT2D eigenvalue weighted by Crippen LogP contribution is 2.25. The van der Waals surface area contributed by atoms with E-state index < -0.39 is 5.97 Å². The van der Waals surface area contributed by atoms with Gasteiger partial charge in [0, 0.05) is 24.2 Å². The summed E-state index contributed by atoms with van der Waals surface area (Å²) >= 11 is 5.92. The normalized spacial score (nSPS) is 21.9. The minimum Gasteiger partial charge on any atom is -0.406 e. The number of carbonyl (C=O) groups is 1. The molecule has 1 fully saturated rings. The van der Waals surface area contributed by atoms with Crippen molar-refractivity contribution in [2.45, 2.75) is 12.8 Å². The second-order valence-electron chi connectivity index (χ2n) is 4.81. The van der Waals surface area contributed by atoms with E-state index in [4.69, 9.17) is 21.1 Å². The smallest absolute Gasteiger partial charge is 0.363 e. The molecule has 0 atom stereocenters. The zero-order valence-corrected chi connectivity index (χ0v) is 11.6. The number of hydrogen-bond acceptors (Lipinski definition) is 4. The number of esters is 1. The number of rotatable bonds is 2. The van der Waals surface area contributed by atoms with Crippen molar-refractivity contribution in [3.63, 3.8) is 0 Å². The quantitative estimate of drug-likeness (QED) is 0.621. The molecule has 104 valence electrons. The summed E-state index contributed by atoms with van der Waals surface area (Å²) in [6.45, 7) is 1.38. The highest BCUT2D eigenvalue weighted by Gasteiger charge is 2.30. The minimum absolute atomic E-state index is 0.179. The average Bonchev–Trinajstić information content (AvgIpc) is 2.81. The van der Waals surface area contributed by atoms with Gasteiger partial charge in [-0.2, -0.15) is 0 Å². The van der Waals surface area contributed by atoms with E-state index in [1.54, 1.807) is 18.2 Å². The first-order valence-electron chi connectivity index (χ1n) is 6.58. The molecule has 0 unspecified atom stereocenters. The Kier molecular flexibility index (Phi) is 3.85. The molecule has 0 amide bonds. The van der Waals surface area contributed by atoms with E-state index in [0.29, 0.717) is 29.8 Å². The van der Waals surface area contributed by atoms with Crippen LogP contribution >= 0.6 is 11.6 Å². The summed E-state index contributed by atoms with van der Waals surface area (Å²) in [5.74, 6) is 0.302. The van der Waals surface area contributed by atoms with E-state index >= 15 is 0 Å². The van der Waals surface area contributed by atoms with Gasteiger partial charge in [-0.1, -0.05) is 23.7 Å². The zero-order chi connectivity index (χ0) is 13.9. The Morgan fingerprint density at radius 2 is 2.10 bits per heavy atom. The Balaban J connectivity index is 1.82. The van der Waals surface area contributed by atoms with E-state index in [2.05, 4.69) is 4.99 Å². The molecule has 0 spiro atoms. The lowest BCUT2D eigenvalue weighted by Gasteiger charge is -2.20. The monoisotopic (exact) mass is 291 g/mol. The summed E-state index contributed by atoms with van der Waals surface area (Å²) in [6.07, 6.45) is 3.38. The molecule has 0 bridgehead atoms. The van der Waals surface area contributed by atoms with Gasteiger partial charge in [-0.25, -0.2) is 9.79 Å². The highest BCUT2D eigenvalue weighted by atomic mass is 35.5. The summed E-state index contributed by atoms with van der Waals surface area (Å²) in [5.41, 5.74) is 1.16. The van der Waals surface area contributed by atoms with Crippen LogP contribution in [0.1, 0.15) is 18.4 Å². The maximum atomic E-state index is 11.8. The van der Waals surface area contributed by atoms with Crippen LogP contribution in [0.5, 0.6) is 0 Å². The molecule has 1 aromatic rings. The number of aliphatic imine (C=N–C) groups is 1. The van der Waals surface area contributed by atoms with E-state index in [0.717, 1.165) is 18.4 Å². The number of benzene rings is 1. The van der Waals surface area contributed by atoms with E-state index in [9.17, 15) is 4.79 Å². The van der Waals surface area contributed by atoms with Gasteiger partial charge < -0.3 is 9.47 Å². The molecule has 1 saturated heterocycles. The molecule has 20 heavy (non-hydrogen) atoms. The molecule has 0 N–H and O–H groups in total. The summed E-state index contributed by atoms with van der Waals surface area (Å²) in [6, 6.07) is 7.27. The van der Waals surface area contributed by atoms with Gasteiger partial charge in [0.1, 0.15) is 0 Å². The molecule has 0 aromatic heterocycles. The lowest BCUT2D eigenvalue weighted by atomic mass is 10.0. The van der Waals surface area contributed by atoms with Crippen molar-refractivity contribution in [2.75, 3.05) is 13.2 Å². The maximum absolute atomic E-state index is 11.8. The molecular formula is C15H14ClNO3. The number of cyclic esters (lactones) is 1. The van der Waals surface area contributed by atoms with Crippen LogP contribution in [-0.4, -0.2) is 25.1 Å². The van der Waals surface area contributed by atoms with Gasteiger partial charge in [0.15, 0.2) is 5.70 Å². The second kappa shape index (κ2) is 5.77. The predicted molar refractivity (Wildman–Crippen MR) is 76.5 cm³/mol. The topological polar surface area (TPSA) is 47.9 Å². The Bertz CT molecular complexity index is 589. The van der Waals surface area contributed by atoms with Crippen LogP contribution in [0.2, 0.25) is 5.02 Å². The van der Waals surface area contributed by atoms with Crippen LogP contribution in [0.25, 0.3) is 6.08 Å². The lowest BCUT2D eigenvalue weighted by Crippen LogP contribution is -2.24. The molecule has 2 aliphatic rings. The number of hydrogen-bond donors (Lipinski definition) is 0. The summed E-state index contributed by atoms with van der Waals surface area (Å²) in [7, 11) is 0. The minimum atomic E-state index is -0.397. The van der Waals surface area contributed by atoms with Crippen molar-refractivity contribution in [3.05, 3.63) is 40.5 Å². The molecule has 4 nitrogen and oxygen atoms in total. The van der Waals surface area contributed by atoms with Crippen LogP contribution < -0.4 is 0 Å². The summed E-state index contributed by atoms with van der Waals surface area (Å²) in [5, 5.41) is 0.624. The first kappa shape index (κ1) is 13.3. The van der Waals surface area contributed by atoms with Crippen molar-refractivity contribution in [1.29, 1.82) is 0 Å². The van der Waals surface area contributed by atoms with E-state index in [1.807, 2.05) is 12.1 Å². The molecule has 0 saturated carbocycles. The van der Waals surface area contributed by atoms with Crippen molar-refractivity contribution in [1.82, 2.24) is 0 Å². The Labute approximate surface area is 122 Å². The number of halogens is 1. The fourth-order valence-corrected chi connectivity index (χ4v) is 2.50. The molecule has 2 heterocycles. The molecule has 0 aliphatic carbocycles. The van der Waals surface area contributed by atoms with Gasteiger partial charge in [-0.3, -0.25) is 0 Å². The molecule has 2 aliphatic heterocycles. The Morgan fingerprint density at radius 1 is 1.30 bits per heavy atom. The van der Waals surface area contributed by atoms with Crippen LogP contribution in [0, 0.1) is 5.92 Å². The standard InChI is InChI=1S/C15H14ClNO3/c16-12-3-1-2-10(8-12)9-13-15(18)20-14(17-13)11-4-6-19-7-5-11/h1-3,8-9,11H,4-7H2/b13-9+. The largest absolute Gasteiger partial charge is 0.406 e. The van der Waals surface area contributed by atoms with Crippen molar-refractivity contribution in [3.8, 4) is 0 Å². The third-order valence-electron chi connectivity index (χ3n) is 3.36. The molecule has 5 heteroatoms. The second-order valence-corrected chi connectivity index (χ2v) is 5.25.